The summed E-state index contributed by atoms with van der Waals surface area (Å²) in [6.07, 6.45) is 2.08. The SMILES string of the molecule is Cc1ccc(Cl)cc1C(=O)N1CCC(OCCBr)CC1. The molecule has 0 atom stereocenters. The third-order valence-electron chi connectivity index (χ3n) is 3.59. The fourth-order valence-electron chi connectivity index (χ4n) is 2.43. The number of piperidine rings is 1. The third kappa shape index (κ3) is 3.96. The van der Waals surface area contributed by atoms with Gasteiger partial charge in [-0.15, -0.1) is 0 Å². The molecule has 110 valence electrons. The van der Waals surface area contributed by atoms with Gasteiger partial charge in [-0.1, -0.05) is 33.6 Å². The van der Waals surface area contributed by atoms with E-state index in [0.29, 0.717) is 10.6 Å². The Kier molecular flexibility index (Phi) is 5.87. The number of nitrogens with zero attached hydrogens (tertiary/aromatic N) is 1. The van der Waals surface area contributed by atoms with Crippen LogP contribution >= 0.6 is 27.5 Å². The summed E-state index contributed by atoms with van der Waals surface area (Å²) in [4.78, 5) is 14.4. The molecule has 0 N–H and O–H groups in total. The van der Waals surface area contributed by atoms with Crippen LogP contribution in [0.3, 0.4) is 0 Å². The summed E-state index contributed by atoms with van der Waals surface area (Å²) in [5.74, 6) is 0.0731. The van der Waals surface area contributed by atoms with Gasteiger partial charge in [0.2, 0.25) is 0 Å². The molecule has 1 aromatic carbocycles. The average Bonchev–Trinajstić information content (AvgIpc) is 2.47. The van der Waals surface area contributed by atoms with Crippen LogP contribution in [0.15, 0.2) is 18.2 Å². The van der Waals surface area contributed by atoms with Crippen molar-refractivity contribution in [2.75, 3.05) is 25.0 Å². The van der Waals surface area contributed by atoms with Crippen LogP contribution in [0.5, 0.6) is 0 Å². The van der Waals surface area contributed by atoms with Crippen LogP contribution in [0, 0.1) is 6.92 Å². The lowest BCUT2D eigenvalue weighted by molar-refractivity contribution is 0.0160. The molecule has 1 aromatic rings. The van der Waals surface area contributed by atoms with Gasteiger partial charge in [-0.3, -0.25) is 4.79 Å². The van der Waals surface area contributed by atoms with Gasteiger partial charge in [0.15, 0.2) is 0 Å². The monoisotopic (exact) mass is 359 g/mol. The van der Waals surface area contributed by atoms with E-state index in [4.69, 9.17) is 16.3 Å². The quantitative estimate of drug-likeness (QED) is 0.767. The molecule has 0 spiro atoms. The van der Waals surface area contributed by atoms with E-state index < -0.39 is 0 Å². The van der Waals surface area contributed by atoms with Crippen LogP contribution < -0.4 is 0 Å². The Hall–Kier alpha value is -0.580. The molecule has 0 aromatic heterocycles. The van der Waals surface area contributed by atoms with E-state index in [-0.39, 0.29) is 12.0 Å². The van der Waals surface area contributed by atoms with Gasteiger partial charge < -0.3 is 9.64 Å². The number of hydrogen-bond acceptors (Lipinski definition) is 2. The second-order valence-electron chi connectivity index (χ2n) is 5.01. The van der Waals surface area contributed by atoms with Crippen molar-refractivity contribution in [2.24, 2.45) is 0 Å². The number of amides is 1. The number of aryl methyl sites for hydroxylation is 1. The van der Waals surface area contributed by atoms with E-state index in [1.54, 1.807) is 6.07 Å². The fourth-order valence-corrected chi connectivity index (χ4v) is 2.79. The van der Waals surface area contributed by atoms with Crippen molar-refractivity contribution in [2.45, 2.75) is 25.9 Å². The zero-order chi connectivity index (χ0) is 14.5. The number of halogens is 2. The molecule has 3 nitrogen and oxygen atoms in total. The molecule has 5 heteroatoms. The van der Waals surface area contributed by atoms with E-state index in [1.165, 1.54) is 0 Å². The van der Waals surface area contributed by atoms with E-state index in [0.717, 1.165) is 43.4 Å². The van der Waals surface area contributed by atoms with Crippen LogP contribution in [0.4, 0.5) is 0 Å². The summed E-state index contributed by atoms with van der Waals surface area (Å²) in [5, 5.41) is 1.46. The Balaban J connectivity index is 1.96. The molecule has 1 aliphatic rings. The first kappa shape index (κ1) is 15.8. The van der Waals surface area contributed by atoms with Crippen molar-refractivity contribution >= 4 is 33.4 Å². The molecule has 1 heterocycles. The van der Waals surface area contributed by atoms with Crippen molar-refractivity contribution in [3.8, 4) is 0 Å². The minimum atomic E-state index is 0.0731. The number of carbonyl (C=O) groups excluding carboxylic acids is 1. The molecule has 2 rings (SSSR count). The number of carbonyl (C=O) groups is 1. The largest absolute Gasteiger partial charge is 0.377 e. The maximum Gasteiger partial charge on any atom is 0.254 e. The fraction of sp³-hybridized carbons (Fsp3) is 0.533. The summed E-state index contributed by atoms with van der Waals surface area (Å²) in [5.41, 5.74) is 1.68. The standard InChI is InChI=1S/C15H19BrClNO2/c1-11-2-3-12(17)10-14(11)15(19)18-7-4-13(5-8-18)20-9-6-16/h2-3,10,13H,4-9H2,1H3. The molecular weight excluding hydrogens is 342 g/mol. The molecule has 1 saturated heterocycles. The minimum Gasteiger partial charge on any atom is -0.377 e. The second kappa shape index (κ2) is 7.43. The summed E-state index contributed by atoms with van der Waals surface area (Å²) in [7, 11) is 0. The van der Waals surface area contributed by atoms with Gasteiger partial charge in [0.1, 0.15) is 0 Å². The first-order chi connectivity index (χ1) is 9.61. The summed E-state index contributed by atoms with van der Waals surface area (Å²) in [6.45, 7) is 4.16. The third-order valence-corrected chi connectivity index (χ3v) is 4.15. The first-order valence-corrected chi connectivity index (χ1v) is 8.34. The molecule has 0 bridgehead atoms. The van der Waals surface area contributed by atoms with Crippen LogP contribution in [-0.2, 0) is 4.74 Å². The van der Waals surface area contributed by atoms with Crippen molar-refractivity contribution in [3.05, 3.63) is 34.3 Å². The van der Waals surface area contributed by atoms with Crippen LogP contribution in [0.1, 0.15) is 28.8 Å². The molecule has 0 radical (unpaired) electrons. The smallest absolute Gasteiger partial charge is 0.254 e. The van der Waals surface area contributed by atoms with Gasteiger partial charge in [-0.25, -0.2) is 0 Å². The summed E-state index contributed by atoms with van der Waals surface area (Å²) in [6, 6.07) is 5.46. The van der Waals surface area contributed by atoms with Gasteiger partial charge in [0.25, 0.3) is 5.91 Å². The molecule has 1 fully saturated rings. The van der Waals surface area contributed by atoms with Crippen molar-refractivity contribution in [1.29, 1.82) is 0 Å². The predicted octanol–water partition coefficient (Wildman–Crippen LogP) is 3.66. The molecule has 0 unspecified atom stereocenters. The van der Waals surface area contributed by atoms with E-state index in [2.05, 4.69) is 15.9 Å². The highest BCUT2D eigenvalue weighted by Gasteiger charge is 2.24. The number of hydrogen-bond donors (Lipinski definition) is 0. The number of benzene rings is 1. The van der Waals surface area contributed by atoms with Gasteiger partial charge in [0.05, 0.1) is 12.7 Å². The Labute approximate surface area is 133 Å². The van der Waals surface area contributed by atoms with E-state index >= 15 is 0 Å². The first-order valence-electron chi connectivity index (χ1n) is 6.85. The molecule has 20 heavy (non-hydrogen) atoms. The van der Waals surface area contributed by atoms with Gasteiger partial charge >= 0.3 is 0 Å². The average molecular weight is 361 g/mol. The molecule has 0 aliphatic carbocycles. The lowest BCUT2D eigenvalue weighted by Crippen LogP contribution is -2.41. The Morgan fingerprint density at radius 2 is 2.15 bits per heavy atom. The van der Waals surface area contributed by atoms with Crippen LogP contribution in [0.25, 0.3) is 0 Å². The Morgan fingerprint density at radius 1 is 1.45 bits per heavy atom. The predicted molar refractivity (Wildman–Crippen MR) is 84.9 cm³/mol. The topological polar surface area (TPSA) is 29.5 Å². The number of alkyl halides is 1. The second-order valence-corrected chi connectivity index (χ2v) is 6.24. The van der Waals surface area contributed by atoms with Gasteiger partial charge in [0, 0.05) is 29.0 Å². The van der Waals surface area contributed by atoms with E-state index in [9.17, 15) is 4.79 Å². The summed E-state index contributed by atoms with van der Waals surface area (Å²) < 4.78 is 5.70. The highest BCUT2D eigenvalue weighted by atomic mass is 79.9. The van der Waals surface area contributed by atoms with E-state index in [1.807, 2.05) is 24.0 Å². The summed E-state index contributed by atoms with van der Waals surface area (Å²) >= 11 is 9.34. The van der Waals surface area contributed by atoms with Crippen LogP contribution in [-0.4, -0.2) is 41.9 Å². The number of ether oxygens (including phenoxy) is 1. The van der Waals surface area contributed by atoms with Crippen LogP contribution in [0.2, 0.25) is 5.02 Å². The lowest BCUT2D eigenvalue weighted by atomic mass is 10.0. The zero-order valence-electron chi connectivity index (χ0n) is 11.6. The Morgan fingerprint density at radius 3 is 2.80 bits per heavy atom. The number of likely N-dealkylation sites (tertiary alicyclic amines) is 1. The number of rotatable bonds is 4. The molecule has 0 saturated carbocycles. The molecule has 1 amide bonds. The maximum atomic E-state index is 12.5. The highest BCUT2D eigenvalue weighted by molar-refractivity contribution is 9.09. The van der Waals surface area contributed by atoms with Gasteiger partial charge in [-0.05, 0) is 37.5 Å². The maximum absolute atomic E-state index is 12.5. The molecular formula is C15H19BrClNO2. The lowest BCUT2D eigenvalue weighted by Gasteiger charge is -2.32. The normalized spacial score (nSPS) is 16.4. The Bertz CT molecular complexity index is 473. The van der Waals surface area contributed by atoms with Gasteiger partial charge in [-0.2, -0.15) is 0 Å². The van der Waals surface area contributed by atoms with Crippen molar-refractivity contribution in [1.82, 2.24) is 4.90 Å². The van der Waals surface area contributed by atoms with Crippen molar-refractivity contribution in [3.63, 3.8) is 0 Å². The zero-order valence-corrected chi connectivity index (χ0v) is 13.9. The highest BCUT2D eigenvalue weighted by Crippen LogP contribution is 2.20. The molecule has 1 aliphatic heterocycles. The van der Waals surface area contributed by atoms with Crippen molar-refractivity contribution < 1.29 is 9.53 Å². The minimum absolute atomic E-state index is 0.0731.